The van der Waals surface area contributed by atoms with Gasteiger partial charge in [-0.1, -0.05) is 30.3 Å². The Morgan fingerprint density at radius 1 is 1.06 bits per heavy atom. The first-order valence-corrected chi connectivity index (χ1v) is 14.3. The number of fused-ring (bicyclic) bond motifs is 1. The SMILES string of the molecule is Cc1ncnc(C)c1C(=O)N1CC2=CN(CCC3(c4ccccc4)CN(S(=O)(=O)C4CC4)C3)CC2C1. The van der Waals surface area contributed by atoms with Gasteiger partial charge in [0, 0.05) is 56.8 Å². The molecule has 8 nitrogen and oxygen atoms in total. The van der Waals surface area contributed by atoms with Gasteiger partial charge in [0.2, 0.25) is 10.0 Å². The summed E-state index contributed by atoms with van der Waals surface area (Å²) in [6.07, 6.45) is 6.25. The summed E-state index contributed by atoms with van der Waals surface area (Å²) >= 11 is 0. The van der Waals surface area contributed by atoms with E-state index >= 15 is 0 Å². The third kappa shape index (κ3) is 4.02. The van der Waals surface area contributed by atoms with Crippen molar-refractivity contribution in [1.82, 2.24) is 24.1 Å². The van der Waals surface area contributed by atoms with Crippen LogP contribution in [0.1, 0.15) is 46.6 Å². The molecule has 3 aliphatic heterocycles. The lowest BCUT2D eigenvalue weighted by atomic mass is 9.72. The Morgan fingerprint density at radius 3 is 2.39 bits per heavy atom. The maximum absolute atomic E-state index is 13.2. The fourth-order valence-corrected chi connectivity index (χ4v) is 8.09. The van der Waals surface area contributed by atoms with Crippen molar-refractivity contribution < 1.29 is 13.2 Å². The van der Waals surface area contributed by atoms with Gasteiger partial charge in [-0.05, 0) is 44.2 Å². The van der Waals surface area contributed by atoms with Crippen molar-refractivity contribution in [3.63, 3.8) is 0 Å². The molecule has 1 atom stereocenters. The van der Waals surface area contributed by atoms with Gasteiger partial charge in [0.15, 0.2) is 0 Å². The van der Waals surface area contributed by atoms with Crippen molar-refractivity contribution in [3.8, 4) is 0 Å². The predicted octanol–water partition coefficient (Wildman–Crippen LogP) is 2.50. The van der Waals surface area contributed by atoms with Crippen LogP contribution in [0.3, 0.4) is 0 Å². The number of hydrogen-bond acceptors (Lipinski definition) is 6. The van der Waals surface area contributed by atoms with E-state index < -0.39 is 10.0 Å². The lowest BCUT2D eigenvalue weighted by molar-refractivity contribution is 0.0781. The second-order valence-corrected chi connectivity index (χ2v) is 13.1. The number of aromatic nitrogens is 2. The van der Waals surface area contributed by atoms with Crippen LogP contribution in [0, 0.1) is 19.8 Å². The molecule has 1 unspecified atom stereocenters. The van der Waals surface area contributed by atoms with E-state index in [-0.39, 0.29) is 16.6 Å². The molecule has 190 valence electrons. The van der Waals surface area contributed by atoms with Gasteiger partial charge in [-0.25, -0.2) is 18.4 Å². The van der Waals surface area contributed by atoms with E-state index in [1.54, 1.807) is 4.31 Å². The zero-order valence-electron chi connectivity index (χ0n) is 20.9. The van der Waals surface area contributed by atoms with Crippen LogP contribution in [-0.4, -0.2) is 82.9 Å². The maximum atomic E-state index is 13.2. The molecule has 4 aliphatic rings. The molecule has 36 heavy (non-hydrogen) atoms. The summed E-state index contributed by atoms with van der Waals surface area (Å²) in [7, 11) is -3.14. The summed E-state index contributed by atoms with van der Waals surface area (Å²) in [5.41, 5.74) is 4.47. The number of benzene rings is 1. The Balaban J connectivity index is 1.12. The fourth-order valence-electron chi connectivity index (χ4n) is 6.08. The minimum absolute atomic E-state index is 0.0157. The average molecular weight is 508 g/mol. The molecule has 3 fully saturated rings. The molecule has 1 aromatic carbocycles. The highest BCUT2D eigenvalue weighted by Gasteiger charge is 2.52. The van der Waals surface area contributed by atoms with Gasteiger partial charge < -0.3 is 9.80 Å². The van der Waals surface area contributed by atoms with Crippen molar-refractivity contribution in [2.45, 2.75) is 43.8 Å². The molecule has 0 N–H and O–H groups in total. The normalized spacial score (nSPS) is 23.4. The van der Waals surface area contributed by atoms with E-state index in [0.717, 1.165) is 43.7 Å². The summed E-state index contributed by atoms with van der Waals surface area (Å²) in [4.78, 5) is 25.9. The number of carbonyl (C=O) groups is 1. The molecule has 4 heterocycles. The van der Waals surface area contributed by atoms with Crippen LogP contribution in [0.15, 0.2) is 48.4 Å². The zero-order valence-corrected chi connectivity index (χ0v) is 21.7. The monoisotopic (exact) mass is 507 g/mol. The average Bonchev–Trinajstić information content (AvgIpc) is 3.52. The minimum Gasteiger partial charge on any atom is -0.377 e. The molecular formula is C27H33N5O3S. The largest absolute Gasteiger partial charge is 0.377 e. The third-order valence-electron chi connectivity index (χ3n) is 8.40. The van der Waals surface area contributed by atoms with Gasteiger partial charge in [-0.15, -0.1) is 0 Å². The molecule has 1 aromatic heterocycles. The molecule has 0 spiro atoms. The number of nitrogens with zero attached hydrogens (tertiary/aromatic N) is 5. The van der Waals surface area contributed by atoms with Gasteiger partial charge in [0.25, 0.3) is 5.91 Å². The van der Waals surface area contributed by atoms with Crippen LogP contribution in [0.2, 0.25) is 0 Å². The number of rotatable bonds is 7. The Hall–Kier alpha value is -2.78. The van der Waals surface area contributed by atoms with Crippen LogP contribution in [0.5, 0.6) is 0 Å². The highest BCUT2D eigenvalue weighted by molar-refractivity contribution is 7.90. The fraction of sp³-hybridized carbons (Fsp3) is 0.519. The number of carbonyl (C=O) groups excluding carboxylic acids is 1. The van der Waals surface area contributed by atoms with E-state index in [4.69, 9.17) is 0 Å². The molecule has 9 heteroatoms. The van der Waals surface area contributed by atoms with Crippen LogP contribution < -0.4 is 0 Å². The van der Waals surface area contributed by atoms with Crippen molar-refractivity contribution in [2.24, 2.45) is 5.92 Å². The van der Waals surface area contributed by atoms with Gasteiger partial charge >= 0.3 is 0 Å². The van der Waals surface area contributed by atoms with Crippen molar-refractivity contribution in [2.75, 3.05) is 39.3 Å². The summed E-state index contributed by atoms with van der Waals surface area (Å²) < 4.78 is 27.3. The van der Waals surface area contributed by atoms with Crippen molar-refractivity contribution >= 4 is 15.9 Å². The second-order valence-electron chi connectivity index (χ2n) is 10.9. The number of aryl methyl sites for hydroxylation is 2. The number of amides is 1. The first-order valence-electron chi connectivity index (χ1n) is 12.8. The smallest absolute Gasteiger partial charge is 0.257 e. The Morgan fingerprint density at radius 2 is 1.75 bits per heavy atom. The highest BCUT2D eigenvalue weighted by Crippen LogP contribution is 2.43. The molecule has 2 aromatic rings. The van der Waals surface area contributed by atoms with Crippen LogP contribution in [-0.2, 0) is 15.4 Å². The van der Waals surface area contributed by atoms with Crippen LogP contribution in [0.25, 0.3) is 0 Å². The summed E-state index contributed by atoms with van der Waals surface area (Å²) in [5.74, 6) is 0.363. The first-order chi connectivity index (χ1) is 17.3. The molecule has 0 radical (unpaired) electrons. The number of hydrogen-bond donors (Lipinski definition) is 0. The van der Waals surface area contributed by atoms with Crippen molar-refractivity contribution in [3.05, 3.63) is 70.9 Å². The molecular weight excluding hydrogens is 474 g/mol. The Labute approximate surface area is 213 Å². The second kappa shape index (κ2) is 8.66. The third-order valence-corrected chi connectivity index (χ3v) is 10.7. The molecule has 1 aliphatic carbocycles. The lowest BCUT2D eigenvalue weighted by Crippen LogP contribution is -2.62. The molecule has 2 saturated heterocycles. The quantitative estimate of drug-likeness (QED) is 0.572. The van der Waals surface area contributed by atoms with E-state index in [9.17, 15) is 13.2 Å². The Bertz CT molecular complexity index is 1300. The van der Waals surface area contributed by atoms with Gasteiger partial charge in [0.05, 0.1) is 22.2 Å². The molecule has 0 bridgehead atoms. The van der Waals surface area contributed by atoms with Gasteiger partial charge in [-0.3, -0.25) is 4.79 Å². The molecule has 1 saturated carbocycles. The lowest BCUT2D eigenvalue weighted by Gasteiger charge is -2.50. The van der Waals surface area contributed by atoms with E-state index in [0.29, 0.717) is 37.7 Å². The van der Waals surface area contributed by atoms with E-state index in [1.165, 1.54) is 17.5 Å². The van der Waals surface area contributed by atoms with Crippen LogP contribution in [0.4, 0.5) is 0 Å². The number of likely N-dealkylation sites (tertiary alicyclic amines) is 1. The van der Waals surface area contributed by atoms with E-state index in [2.05, 4.69) is 33.2 Å². The maximum Gasteiger partial charge on any atom is 0.257 e. The van der Waals surface area contributed by atoms with Gasteiger partial charge in [0.1, 0.15) is 6.33 Å². The standard InChI is InChI=1S/C27H33N5O3S/c1-19-25(20(2)29-18-28-19)26(33)31-14-21-12-30(13-22(21)15-31)11-10-27(23-6-4-3-5-7-23)16-32(17-27)36(34,35)24-8-9-24/h3-7,12,18,22,24H,8-11,13-17H2,1-2H3. The summed E-state index contributed by atoms with van der Waals surface area (Å²) in [6.45, 7) is 8.01. The minimum atomic E-state index is -3.14. The zero-order chi connectivity index (χ0) is 25.1. The Kier molecular flexibility index (Phi) is 5.68. The van der Waals surface area contributed by atoms with Crippen LogP contribution >= 0.6 is 0 Å². The van der Waals surface area contributed by atoms with E-state index in [1.807, 2.05) is 36.9 Å². The predicted molar refractivity (Wildman–Crippen MR) is 137 cm³/mol. The van der Waals surface area contributed by atoms with Gasteiger partial charge in [-0.2, -0.15) is 4.31 Å². The molecule has 6 rings (SSSR count). The highest BCUT2D eigenvalue weighted by atomic mass is 32.2. The first kappa shape index (κ1) is 23.6. The molecule has 1 amide bonds. The summed E-state index contributed by atoms with van der Waals surface area (Å²) in [5, 5.41) is -0.158. The number of sulfonamides is 1. The van der Waals surface area contributed by atoms with Crippen molar-refractivity contribution in [1.29, 1.82) is 0 Å². The topological polar surface area (TPSA) is 86.7 Å². The summed E-state index contributed by atoms with van der Waals surface area (Å²) in [6, 6.07) is 10.4.